The number of rotatable bonds is 6. The molecule has 2 aromatic rings. The first-order chi connectivity index (χ1) is 11.1. The molecule has 0 aliphatic carbocycles. The first kappa shape index (κ1) is 16.1. The van der Waals surface area contributed by atoms with Crippen LogP contribution in [0.5, 0.6) is 0 Å². The monoisotopic (exact) mass is 316 g/mol. The molecule has 120 valence electrons. The number of carbonyl (C=O) groups is 3. The Hall–Kier alpha value is -3.29. The van der Waals surface area contributed by atoms with Gasteiger partial charge in [0.25, 0.3) is 5.91 Å². The first-order valence-corrected chi connectivity index (χ1v) is 6.79. The van der Waals surface area contributed by atoms with E-state index in [9.17, 15) is 14.4 Å². The van der Waals surface area contributed by atoms with Crippen LogP contribution in [-0.4, -0.2) is 24.4 Å². The number of hydrogen-bond acceptors (Lipinski definition) is 5. The molecule has 0 saturated heterocycles. The van der Waals surface area contributed by atoms with Gasteiger partial charge in [-0.1, -0.05) is 12.1 Å². The van der Waals surface area contributed by atoms with E-state index in [1.165, 1.54) is 6.26 Å². The second-order valence-corrected chi connectivity index (χ2v) is 4.57. The minimum absolute atomic E-state index is 0.189. The summed E-state index contributed by atoms with van der Waals surface area (Å²) in [4.78, 5) is 34.2. The topological polar surface area (TPSA) is 126 Å². The van der Waals surface area contributed by atoms with E-state index in [1.807, 2.05) is 5.32 Å². The van der Waals surface area contributed by atoms with E-state index < -0.39 is 11.9 Å². The van der Waals surface area contributed by atoms with Crippen LogP contribution in [-0.2, 0) is 11.3 Å². The summed E-state index contributed by atoms with van der Waals surface area (Å²) in [7, 11) is 0. The fourth-order valence-corrected chi connectivity index (χ4v) is 1.87. The summed E-state index contributed by atoms with van der Waals surface area (Å²) in [6.07, 6.45) is 1.52. The Kier molecular flexibility index (Phi) is 5.35. The maximum atomic E-state index is 12.2. The summed E-state index contributed by atoms with van der Waals surface area (Å²) >= 11 is 0. The predicted molar refractivity (Wildman–Crippen MR) is 82.5 cm³/mol. The molecular weight excluding hydrogens is 300 g/mol. The van der Waals surface area contributed by atoms with Crippen molar-refractivity contribution in [3.8, 4) is 0 Å². The van der Waals surface area contributed by atoms with E-state index in [2.05, 4.69) is 10.6 Å². The van der Waals surface area contributed by atoms with E-state index in [0.717, 1.165) is 0 Å². The number of nitrogens with two attached hydrogens (primary N) is 1. The molecule has 0 atom stereocenters. The smallest absolute Gasteiger partial charge is 0.318 e. The average Bonchev–Trinajstić information content (AvgIpc) is 3.03. The molecule has 0 bridgehead atoms. The van der Waals surface area contributed by atoms with Gasteiger partial charge in [0, 0.05) is 5.69 Å². The molecule has 0 unspecified atom stereocenters. The zero-order valence-corrected chi connectivity index (χ0v) is 12.2. The number of imide groups is 1. The fraction of sp³-hybridized carbons (Fsp3) is 0.133. The van der Waals surface area contributed by atoms with Gasteiger partial charge >= 0.3 is 6.03 Å². The van der Waals surface area contributed by atoms with Crippen LogP contribution in [0.3, 0.4) is 0 Å². The summed E-state index contributed by atoms with van der Waals surface area (Å²) in [6, 6.07) is 9.24. The van der Waals surface area contributed by atoms with Gasteiger partial charge in [0.05, 0.1) is 24.9 Å². The van der Waals surface area contributed by atoms with Crippen molar-refractivity contribution >= 4 is 23.5 Å². The number of hydrogen-bond donors (Lipinski definition) is 4. The molecule has 0 radical (unpaired) electrons. The van der Waals surface area contributed by atoms with Crippen LogP contribution in [0, 0.1) is 0 Å². The highest BCUT2D eigenvalue weighted by atomic mass is 16.3. The van der Waals surface area contributed by atoms with Crippen molar-refractivity contribution in [2.45, 2.75) is 6.54 Å². The highest BCUT2D eigenvalue weighted by molar-refractivity contribution is 6.00. The predicted octanol–water partition coefficient (Wildman–Crippen LogP) is 0.816. The molecule has 1 heterocycles. The molecule has 8 nitrogen and oxygen atoms in total. The number of para-hydroxylation sites is 1. The van der Waals surface area contributed by atoms with Gasteiger partial charge in [0.2, 0.25) is 5.91 Å². The molecule has 2 rings (SSSR count). The zero-order chi connectivity index (χ0) is 16.7. The Morgan fingerprint density at radius 2 is 1.87 bits per heavy atom. The van der Waals surface area contributed by atoms with Gasteiger partial charge in [-0.2, -0.15) is 0 Å². The molecule has 0 aliphatic rings. The van der Waals surface area contributed by atoms with Crippen molar-refractivity contribution in [3.05, 3.63) is 54.0 Å². The molecular formula is C15H16N4O4. The van der Waals surface area contributed by atoms with E-state index in [1.54, 1.807) is 36.4 Å². The molecule has 0 saturated carbocycles. The summed E-state index contributed by atoms with van der Waals surface area (Å²) < 4.78 is 5.14. The number of furan rings is 1. The largest absolute Gasteiger partial charge is 0.467 e. The Morgan fingerprint density at radius 1 is 1.09 bits per heavy atom. The van der Waals surface area contributed by atoms with E-state index in [-0.39, 0.29) is 19.0 Å². The summed E-state index contributed by atoms with van der Waals surface area (Å²) in [5.41, 5.74) is 5.68. The normalized spacial score (nSPS) is 9.91. The Morgan fingerprint density at radius 3 is 2.57 bits per heavy atom. The molecule has 4 amide bonds. The number of benzene rings is 1. The number of nitrogens with one attached hydrogen (secondary N) is 3. The fourth-order valence-electron chi connectivity index (χ4n) is 1.87. The van der Waals surface area contributed by atoms with Gasteiger partial charge in [-0.05, 0) is 24.3 Å². The Balaban J connectivity index is 1.97. The summed E-state index contributed by atoms with van der Waals surface area (Å²) in [6.45, 7) is 0.0632. The van der Waals surface area contributed by atoms with Gasteiger partial charge in [0.1, 0.15) is 5.76 Å². The van der Waals surface area contributed by atoms with Crippen molar-refractivity contribution in [1.82, 2.24) is 10.6 Å². The van der Waals surface area contributed by atoms with Crippen LogP contribution in [0.4, 0.5) is 10.5 Å². The summed E-state index contributed by atoms with van der Waals surface area (Å²) in [5, 5.41) is 7.43. The standard InChI is InChI=1S/C15H16N4O4/c16-15(22)19-13(20)9-17-12-6-2-1-5-11(12)14(21)18-8-10-4-3-7-23-10/h1-7,17H,8-9H2,(H,18,21)(H3,16,19,20,22). The maximum Gasteiger partial charge on any atom is 0.318 e. The minimum Gasteiger partial charge on any atom is -0.467 e. The first-order valence-electron chi connectivity index (χ1n) is 6.79. The highest BCUT2D eigenvalue weighted by Gasteiger charge is 2.12. The lowest BCUT2D eigenvalue weighted by Crippen LogP contribution is -2.38. The van der Waals surface area contributed by atoms with Crippen LogP contribution in [0.25, 0.3) is 0 Å². The third-order valence-electron chi connectivity index (χ3n) is 2.88. The minimum atomic E-state index is -0.929. The van der Waals surface area contributed by atoms with Crippen LogP contribution >= 0.6 is 0 Å². The molecule has 5 N–H and O–H groups in total. The third-order valence-corrected chi connectivity index (χ3v) is 2.88. The molecule has 0 spiro atoms. The molecule has 0 fully saturated rings. The van der Waals surface area contributed by atoms with Crippen molar-refractivity contribution in [3.63, 3.8) is 0 Å². The van der Waals surface area contributed by atoms with Crippen molar-refractivity contribution in [2.75, 3.05) is 11.9 Å². The van der Waals surface area contributed by atoms with Gasteiger partial charge in [0.15, 0.2) is 0 Å². The van der Waals surface area contributed by atoms with Gasteiger partial charge in [-0.25, -0.2) is 4.79 Å². The van der Waals surface area contributed by atoms with Crippen molar-refractivity contribution in [2.24, 2.45) is 5.73 Å². The van der Waals surface area contributed by atoms with Gasteiger partial charge < -0.3 is 20.8 Å². The molecule has 1 aromatic heterocycles. The maximum absolute atomic E-state index is 12.2. The van der Waals surface area contributed by atoms with Crippen LogP contribution in [0.1, 0.15) is 16.1 Å². The lowest BCUT2D eigenvalue weighted by Gasteiger charge is -2.11. The SMILES string of the molecule is NC(=O)NC(=O)CNc1ccccc1C(=O)NCc1ccco1. The van der Waals surface area contributed by atoms with E-state index >= 15 is 0 Å². The lowest BCUT2D eigenvalue weighted by molar-refractivity contribution is -0.118. The molecule has 23 heavy (non-hydrogen) atoms. The second-order valence-electron chi connectivity index (χ2n) is 4.57. The number of primary amides is 1. The van der Waals surface area contributed by atoms with Gasteiger partial charge in [-0.15, -0.1) is 0 Å². The number of carbonyl (C=O) groups excluding carboxylic acids is 3. The quantitative estimate of drug-likeness (QED) is 0.627. The zero-order valence-electron chi connectivity index (χ0n) is 12.2. The number of anilines is 1. The average molecular weight is 316 g/mol. The van der Waals surface area contributed by atoms with E-state index in [0.29, 0.717) is 17.0 Å². The molecule has 8 heteroatoms. The molecule has 1 aromatic carbocycles. The van der Waals surface area contributed by atoms with Crippen LogP contribution in [0.15, 0.2) is 47.1 Å². The van der Waals surface area contributed by atoms with Crippen molar-refractivity contribution < 1.29 is 18.8 Å². The van der Waals surface area contributed by atoms with Gasteiger partial charge in [-0.3, -0.25) is 14.9 Å². The lowest BCUT2D eigenvalue weighted by atomic mass is 10.1. The van der Waals surface area contributed by atoms with E-state index in [4.69, 9.17) is 10.2 Å². The number of amides is 4. The molecule has 0 aliphatic heterocycles. The Labute approximate surface area is 132 Å². The summed E-state index contributed by atoms with van der Waals surface area (Å²) in [5.74, 6) is -0.285. The third kappa shape index (κ3) is 4.88. The van der Waals surface area contributed by atoms with Crippen molar-refractivity contribution in [1.29, 1.82) is 0 Å². The second kappa shape index (κ2) is 7.64. The Bertz CT molecular complexity index is 697. The van der Waals surface area contributed by atoms with Crippen LogP contribution in [0.2, 0.25) is 0 Å². The highest BCUT2D eigenvalue weighted by Crippen LogP contribution is 2.14. The van der Waals surface area contributed by atoms with Crippen LogP contribution < -0.4 is 21.7 Å². The number of urea groups is 1.